The molecule has 0 spiro atoms. The molecule has 2 saturated carbocycles. The maximum atomic E-state index is 12.7. The molecular weight excluding hydrogens is 490 g/mol. The van der Waals surface area contributed by atoms with E-state index in [0.29, 0.717) is 18.2 Å². The van der Waals surface area contributed by atoms with Gasteiger partial charge in [-0.3, -0.25) is 4.79 Å². The zero-order valence-corrected chi connectivity index (χ0v) is 22.4. The fourth-order valence-electron chi connectivity index (χ4n) is 5.82. The van der Waals surface area contributed by atoms with Crippen LogP contribution in [0.15, 0.2) is 64.7 Å². The van der Waals surface area contributed by atoms with Crippen molar-refractivity contribution in [1.82, 2.24) is 15.5 Å². The summed E-state index contributed by atoms with van der Waals surface area (Å²) in [5, 5.41) is 7.60. The minimum atomic E-state index is 0. The van der Waals surface area contributed by atoms with Gasteiger partial charge < -0.3 is 19.3 Å². The molecule has 2 atom stereocenters. The number of amides is 1. The zero-order chi connectivity index (χ0) is 26.4. The molecule has 39 heavy (non-hydrogen) atoms. The van der Waals surface area contributed by atoms with Crippen LogP contribution in [0, 0.1) is 5.92 Å². The predicted octanol–water partition coefficient (Wildman–Crippen LogP) is 7.05. The average molecular weight is 530 g/mol. The lowest BCUT2D eigenvalue weighted by Crippen LogP contribution is -2.36. The fraction of sp³-hybridized carbons (Fsp3) is 0.469. The summed E-state index contributed by atoms with van der Waals surface area (Å²) in [6.07, 6.45) is 13.5. The van der Waals surface area contributed by atoms with Crippen LogP contribution >= 0.6 is 0 Å². The Kier molecular flexibility index (Phi) is 7.93. The first kappa shape index (κ1) is 25.7. The number of aromatic nitrogens is 2. The van der Waals surface area contributed by atoms with E-state index in [1.165, 1.54) is 17.6 Å². The molecule has 206 valence electrons. The van der Waals surface area contributed by atoms with E-state index >= 15 is 0 Å². The SMILES string of the molecule is O=C(N[C@@H](CC/C=C1/CCCC(c2nc(Cc3ccc4c(c3)OCO4)no2)CC1)c1ccccc1)C1CCC1.[HH]. The molecule has 0 bridgehead atoms. The zero-order valence-electron chi connectivity index (χ0n) is 22.4. The number of rotatable bonds is 9. The molecule has 3 aromatic rings. The second-order valence-electron chi connectivity index (χ2n) is 11.1. The van der Waals surface area contributed by atoms with E-state index in [1.54, 1.807) is 0 Å². The number of hydrogen-bond acceptors (Lipinski definition) is 6. The highest BCUT2D eigenvalue weighted by Gasteiger charge is 2.27. The lowest BCUT2D eigenvalue weighted by atomic mass is 9.84. The molecule has 7 nitrogen and oxygen atoms in total. The van der Waals surface area contributed by atoms with Gasteiger partial charge in [0.15, 0.2) is 17.3 Å². The van der Waals surface area contributed by atoms with Gasteiger partial charge in [0.2, 0.25) is 18.6 Å². The van der Waals surface area contributed by atoms with Gasteiger partial charge in [-0.25, -0.2) is 0 Å². The second-order valence-corrected chi connectivity index (χ2v) is 11.1. The van der Waals surface area contributed by atoms with Crippen LogP contribution in [0.3, 0.4) is 0 Å². The van der Waals surface area contributed by atoms with E-state index in [2.05, 4.69) is 40.8 Å². The number of hydrogen-bond donors (Lipinski definition) is 1. The lowest BCUT2D eigenvalue weighted by Gasteiger charge is -2.27. The van der Waals surface area contributed by atoms with Crippen LogP contribution in [0.5, 0.6) is 11.5 Å². The third-order valence-electron chi connectivity index (χ3n) is 8.38. The smallest absolute Gasteiger partial charge is 0.231 e. The summed E-state index contributed by atoms with van der Waals surface area (Å²) in [5.74, 6) is 3.74. The summed E-state index contributed by atoms with van der Waals surface area (Å²) in [4.78, 5) is 17.4. The first-order chi connectivity index (χ1) is 19.2. The molecule has 6 rings (SSSR count). The van der Waals surface area contributed by atoms with Gasteiger partial charge in [0.05, 0.1) is 6.04 Å². The Hall–Kier alpha value is -3.61. The second kappa shape index (κ2) is 12.1. The van der Waals surface area contributed by atoms with Crippen molar-refractivity contribution in [3.63, 3.8) is 0 Å². The molecule has 0 saturated heterocycles. The van der Waals surface area contributed by atoms with E-state index in [0.717, 1.165) is 80.7 Å². The van der Waals surface area contributed by atoms with Crippen LogP contribution in [0.2, 0.25) is 0 Å². The first-order valence-electron chi connectivity index (χ1n) is 14.5. The van der Waals surface area contributed by atoms with Gasteiger partial charge in [0.1, 0.15) is 0 Å². The van der Waals surface area contributed by atoms with Crippen molar-refractivity contribution in [3.8, 4) is 11.5 Å². The Morgan fingerprint density at radius 1 is 1.03 bits per heavy atom. The number of allylic oxidation sites excluding steroid dienone is 2. The van der Waals surface area contributed by atoms with Crippen molar-refractivity contribution >= 4 is 5.91 Å². The summed E-state index contributed by atoms with van der Waals surface area (Å²) in [6.45, 7) is 0.272. The van der Waals surface area contributed by atoms with Crippen molar-refractivity contribution < 1.29 is 20.2 Å². The van der Waals surface area contributed by atoms with Crippen molar-refractivity contribution in [2.45, 2.75) is 82.6 Å². The Morgan fingerprint density at radius 2 is 1.90 bits per heavy atom. The monoisotopic (exact) mass is 529 g/mol. The van der Waals surface area contributed by atoms with Gasteiger partial charge >= 0.3 is 0 Å². The fourth-order valence-corrected chi connectivity index (χ4v) is 5.82. The minimum absolute atomic E-state index is 0. The quantitative estimate of drug-likeness (QED) is 0.236. The van der Waals surface area contributed by atoms with Crippen LogP contribution < -0.4 is 14.8 Å². The molecule has 3 aliphatic rings. The Morgan fingerprint density at radius 3 is 2.74 bits per heavy atom. The number of fused-ring (bicyclic) bond motifs is 1. The van der Waals surface area contributed by atoms with E-state index in [9.17, 15) is 4.79 Å². The number of carbonyl (C=O) groups is 1. The van der Waals surface area contributed by atoms with E-state index < -0.39 is 0 Å². The molecule has 1 aromatic heterocycles. The summed E-state index contributed by atoms with van der Waals surface area (Å²) >= 11 is 0. The van der Waals surface area contributed by atoms with Crippen LogP contribution in [0.1, 0.15) is 100 Å². The van der Waals surface area contributed by atoms with Gasteiger partial charge in [-0.05, 0) is 81.0 Å². The molecule has 1 amide bonds. The summed E-state index contributed by atoms with van der Waals surface area (Å²) in [5.41, 5.74) is 3.78. The summed E-state index contributed by atoms with van der Waals surface area (Å²) < 4.78 is 16.6. The molecule has 2 fully saturated rings. The highest BCUT2D eigenvalue weighted by atomic mass is 16.7. The van der Waals surface area contributed by atoms with Crippen LogP contribution in [-0.4, -0.2) is 22.8 Å². The van der Waals surface area contributed by atoms with Crippen LogP contribution in [0.4, 0.5) is 0 Å². The number of benzene rings is 2. The maximum absolute atomic E-state index is 12.7. The number of nitrogens with one attached hydrogen (secondary N) is 1. The summed E-state index contributed by atoms with van der Waals surface area (Å²) in [7, 11) is 0. The van der Waals surface area contributed by atoms with Crippen molar-refractivity contribution in [2.75, 3.05) is 6.79 Å². The highest BCUT2D eigenvalue weighted by Crippen LogP contribution is 2.35. The lowest BCUT2D eigenvalue weighted by molar-refractivity contribution is -0.128. The van der Waals surface area contributed by atoms with E-state index in [-0.39, 0.29) is 26.1 Å². The Balaban J connectivity index is 0.00000323. The topological polar surface area (TPSA) is 86.5 Å². The average Bonchev–Trinajstić information content (AvgIpc) is 3.52. The summed E-state index contributed by atoms with van der Waals surface area (Å²) in [6, 6.07) is 16.4. The molecular formula is C32H39N3O4. The number of nitrogens with zero attached hydrogens (tertiary/aromatic N) is 2. The number of carbonyl (C=O) groups excluding carboxylic acids is 1. The Labute approximate surface area is 231 Å². The van der Waals surface area contributed by atoms with Crippen LogP contribution in [-0.2, 0) is 11.2 Å². The van der Waals surface area contributed by atoms with Crippen molar-refractivity contribution in [1.29, 1.82) is 0 Å². The molecule has 2 heterocycles. The van der Waals surface area contributed by atoms with Crippen molar-refractivity contribution in [2.24, 2.45) is 5.92 Å². The number of ether oxygens (including phenoxy) is 2. The minimum Gasteiger partial charge on any atom is -0.454 e. The van der Waals surface area contributed by atoms with Gasteiger partial charge in [-0.2, -0.15) is 4.98 Å². The molecule has 7 heteroatoms. The van der Waals surface area contributed by atoms with Gasteiger partial charge in [-0.1, -0.05) is 59.6 Å². The van der Waals surface area contributed by atoms with E-state index in [1.807, 2.05) is 24.3 Å². The third-order valence-corrected chi connectivity index (χ3v) is 8.38. The molecule has 1 unspecified atom stereocenters. The Bertz CT molecular complexity index is 1300. The molecule has 1 aliphatic heterocycles. The van der Waals surface area contributed by atoms with Gasteiger partial charge in [-0.15, -0.1) is 0 Å². The van der Waals surface area contributed by atoms with Crippen molar-refractivity contribution in [3.05, 3.63) is 83.0 Å². The molecule has 2 aliphatic carbocycles. The van der Waals surface area contributed by atoms with E-state index in [4.69, 9.17) is 19.0 Å². The predicted molar refractivity (Wildman–Crippen MR) is 150 cm³/mol. The largest absolute Gasteiger partial charge is 0.454 e. The standard InChI is InChI=1S/C32H37N3O4.H2/c36-31(25-11-6-12-25)33-27(24-9-2-1-3-10-24)14-5-8-22-7-4-13-26(17-15-22)32-34-30(35-39-32)20-23-16-18-28-29(19-23)38-21-37-28;/h1-3,8-10,16,18-19,25-27H,4-7,11-15,17,20-21H2,(H,33,36);1H/b22-8-;/t26?,27-;/m0./s1. The third kappa shape index (κ3) is 6.35. The molecule has 0 radical (unpaired) electrons. The maximum Gasteiger partial charge on any atom is 0.231 e. The van der Waals surface area contributed by atoms with Crippen LogP contribution in [0.25, 0.3) is 0 Å². The highest BCUT2D eigenvalue weighted by molar-refractivity contribution is 5.79. The molecule has 2 aromatic carbocycles. The van der Waals surface area contributed by atoms with Gasteiger partial charge in [0.25, 0.3) is 0 Å². The molecule has 1 N–H and O–H groups in total. The normalized spacial score (nSPS) is 20.8. The first-order valence-corrected chi connectivity index (χ1v) is 14.5. The van der Waals surface area contributed by atoms with Gasteiger partial charge in [0, 0.05) is 19.7 Å².